The van der Waals surface area contributed by atoms with Crippen LogP contribution in [0.2, 0.25) is 0 Å². The van der Waals surface area contributed by atoms with Crippen LogP contribution in [-0.4, -0.2) is 15.0 Å². The molecule has 1 heterocycles. The minimum Gasteiger partial charge on any atom is -0.245 e. The van der Waals surface area contributed by atoms with Crippen molar-refractivity contribution in [2.75, 3.05) is 0 Å². The summed E-state index contributed by atoms with van der Waals surface area (Å²) in [4.78, 5) is 0. The van der Waals surface area contributed by atoms with E-state index in [9.17, 15) is 4.39 Å². The number of hydrogen-bond acceptors (Lipinski definition) is 2. The highest BCUT2D eigenvalue weighted by molar-refractivity contribution is 9.10. The highest BCUT2D eigenvalue weighted by atomic mass is 79.9. The number of fused-ring (bicyclic) bond motifs is 1. The van der Waals surface area contributed by atoms with Gasteiger partial charge in [-0.05, 0) is 28.1 Å². The number of aryl methyl sites for hydroxylation is 1. The lowest BCUT2D eigenvalue weighted by Crippen LogP contribution is -1.91. The number of hydrogen-bond donors (Lipinski definition) is 0. The third kappa shape index (κ3) is 0.929. The maximum absolute atomic E-state index is 13.1. The van der Waals surface area contributed by atoms with Crippen molar-refractivity contribution >= 4 is 27.0 Å². The second-order valence-corrected chi connectivity index (χ2v) is 3.29. The van der Waals surface area contributed by atoms with Crippen molar-refractivity contribution in [1.82, 2.24) is 15.0 Å². The van der Waals surface area contributed by atoms with Gasteiger partial charge in [-0.15, -0.1) is 5.10 Å². The van der Waals surface area contributed by atoms with E-state index in [2.05, 4.69) is 26.2 Å². The molecular formula is C7H5BrFN3. The van der Waals surface area contributed by atoms with E-state index in [1.165, 1.54) is 10.7 Å². The Hall–Kier alpha value is -0.970. The van der Waals surface area contributed by atoms with Crippen molar-refractivity contribution < 1.29 is 4.39 Å². The van der Waals surface area contributed by atoms with Crippen molar-refractivity contribution in [3.05, 3.63) is 22.4 Å². The van der Waals surface area contributed by atoms with Crippen LogP contribution in [-0.2, 0) is 7.05 Å². The van der Waals surface area contributed by atoms with E-state index in [0.717, 1.165) is 4.47 Å². The highest BCUT2D eigenvalue weighted by Crippen LogP contribution is 2.22. The SMILES string of the molecule is Cn1nnc2c(Br)ccc(F)c21. The maximum atomic E-state index is 13.1. The van der Waals surface area contributed by atoms with Crippen molar-refractivity contribution in [2.24, 2.45) is 7.05 Å². The first kappa shape index (κ1) is 7.67. The fourth-order valence-electron chi connectivity index (χ4n) is 1.09. The van der Waals surface area contributed by atoms with E-state index >= 15 is 0 Å². The number of rotatable bonds is 0. The second-order valence-electron chi connectivity index (χ2n) is 2.44. The van der Waals surface area contributed by atoms with Crippen LogP contribution in [0.1, 0.15) is 0 Å². The predicted molar refractivity (Wildman–Crippen MR) is 46.2 cm³/mol. The molecule has 1 aromatic heterocycles. The lowest BCUT2D eigenvalue weighted by molar-refractivity contribution is 0.623. The minimum atomic E-state index is -0.305. The van der Waals surface area contributed by atoms with Gasteiger partial charge < -0.3 is 0 Å². The van der Waals surface area contributed by atoms with Gasteiger partial charge in [0.2, 0.25) is 0 Å². The summed E-state index contributed by atoms with van der Waals surface area (Å²) in [5.74, 6) is -0.305. The maximum Gasteiger partial charge on any atom is 0.150 e. The van der Waals surface area contributed by atoms with Crippen LogP contribution >= 0.6 is 15.9 Å². The summed E-state index contributed by atoms with van der Waals surface area (Å²) in [6.07, 6.45) is 0. The Bertz CT molecular complexity index is 437. The Kier molecular flexibility index (Phi) is 1.61. The van der Waals surface area contributed by atoms with Crippen LogP contribution in [0.25, 0.3) is 11.0 Å². The summed E-state index contributed by atoms with van der Waals surface area (Å²) >= 11 is 3.26. The van der Waals surface area contributed by atoms with Crippen LogP contribution < -0.4 is 0 Å². The van der Waals surface area contributed by atoms with E-state index in [-0.39, 0.29) is 5.82 Å². The minimum absolute atomic E-state index is 0.305. The predicted octanol–water partition coefficient (Wildman–Crippen LogP) is 1.87. The summed E-state index contributed by atoms with van der Waals surface area (Å²) in [5, 5.41) is 7.52. The number of nitrogens with zero attached hydrogens (tertiary/aromatic N) is 3. The molecule has 1 aromatic carbocycles. The first-order valence-corrected chi connectivity index (χ1v) is 4.13. The topological polar surface area (TPSA) is 30.7 Å². The average molecular weight is 230 g/mol. The van der Waals surface area contributed by atoms with Crippen LogP contribution in [0.3, 0.4) is 0 Å². The van der Waals surface area contributed by atoms with Gasteiger partial charge in [-0.3, -0.25) is 0 Å². The molecule has 62 valence electrons. The Balaban J connectivity index is 2.98. The summed E-state index contributed by atoms with van der Waals surface area (Å²) in [6, 6.07) is 3.00. The number of halogens is 2. The first-order chi connectivity index (χ1) is 5.70. The molecule has 0 saturated heterocycles. The van der Waals surface area contributed by atoms with Crippen molar-refractivity contribution in [3.63, 3.8) is 0 Å². The molecule has 0 N–H and O–H groups in total. The molecule has 0 atom stereocenters. The molecule has 5 heteroatoms. The average Bonchev–Trinajstić information content (AvgIpc) is 2.42. The fraction of sp³-hybridized carbons (Fsp3) is 0.143. The molecule has 0 fully saturated rings. The zero-order valence-electron chi connectivity index (χ0n) is 6.25. The molecule has 0 bridgehead atoms. The lowest BCUT2D eigenvalue weighted by Gasteiger charge is -1.94. The molecule has 0 amide bonds. The second kappa shape index (κ2) is 2.52. The molecular weight excluding hydrogens is 225 g/mol. The summed E-state index contributed by atoms with van der Waals surface area (Å²) < 4.78 is 15.3. The molecule has 0 saturated carbocycles. The van der Waals surface area contributed by atoms with Crippen molar-refractivity contribution in [2.45, 2.75) is 0 Å². The standard InChI is InChI=1S/C7H5BrFN3/c1-12-7-5(9)3-2-4(8)6(7)10-11-12/h2-3H,1H3. The molecule has 0 unspecified atom stereocenters. The van der Waals surface area contributed by atoms with Gasteiger partial charge in [-0.25, -0.2) is 9.07 Å². The number of benzene rings is 1. The van der Waals surface area contributed by atoms with Gasteiger partial charge in [0.1, 0.15) is 11.0 Å². The number of aromatic nitrogens is 3. The van der Waals surface area contributed by atoms with E-state index in [1.807, 2.05) is 0 Å². The molecule has 2 aromatic rings. The normalized spacial score (nSPS) is 10.9. The molecule has 0 aliphatic carbocycles. The first-order valence-electron chi connectivity index (χ1n) is 3.33. The van der Waals surface area contributed by atoms with Gasteiger partial charge >= 0.3 is 0 Å². The van der Waals surface area contributed by atoms with Crippen LogP contribution in [0, 0.1) is 5.82 Å². The Morgan fingerprint density at radius 2 is 2.25 bits per heavy atom. The largest absolute Gasteiger partial charge is 0.245 e. The van der Waals surface area contributed by atoms with Gasteiger partial charge in [-0.2, -0.15) is 0 Å². The summed E-state index contributed by atoms with van der Waals surface area (Å²) in [6.45, 7) is 0. The van der Waals surface area contributed by atoms with Gasteiger partial charge in [-0.1, -0.05) is 5.21 Å². The fourth-order valence-corrected chi connectivity index (χ4v) is 1.49. The Morgan fingerprint density at radius 3 is 2.92 bits per heavy atom. The quantitative estimate of drug-likeness (QED) is 0.691. The molecule has 3 nitrogen and oxygen atoms in total. The van der Waals surface area contributed by atoms with Gasteiger partial charge in [0.25, 0.3) is 0 Å². The zero-order valence-corrected chi connectivity index (χ0v) is 7.84. The van der Waals surface area contributed by atoms with E-state index in [4.69, 9.17) is 0 Å². The van der Waals surface area contributed by atoms with Crippen molar-refractivity contribution in [3.8, 4) is 0 Å². The van der Waals surface area contributed by atoms with Gasteiger partial charge in [0, 0.05) is 11.5 Å². The third-order valence-electron chi connectivity index (χ3n) is 1.66. The van der Waals surface area contributed by atoms with E-state index < -0.39 is 0 Å². The molecule has 0 spiro atoms. The molecule has 0 radical (unpaired) electrons. The van der Waals surface area contributed by atoms with E-state index in [1.54, 1.807) is 13.1 Å². The Labute approximate surface area is 76.3 Å². The summed E-state index contributed by atoms with van der Waals surface area (Å²) in [7, 11) is 1.66. The molecule has 2 rings (SSSR count). The third-order valence-corrected chi connectivity index (χ3v) is 2.30. The highest BCUT2D eigenvalue weighted by Gasteiger charge is 2.09. The molecule has 12 heavy (non-hydrogen) atoms. The lowest BCUT2D eigenvalue weighted by atomic mass is 10.3. The zero-order chi connectivity index (χ0) is 8.72. The smallest absolute Gasteiger partial charge is 0.150 e. The van der Waals surface area contributed by atoms with Crippen molar-refractivity contribution in [1.29, 1.82) is 0 Å². The van der Waals surface area contributed by atoms with E-state index in [0.29, 0.717) is 11.0 Å². The molecule has 0 aliphatic rings. The monoisotopic (exact) mass is 229 g/mol. The van der Waals surface area contributed by atoms with Crippen LogP contribution in [0.15, 0.2) is 16.6 Å². The summed E-state index contributed by atoms with van der Waals surface area (Å²) in [5.41, 5.74) is 0.974. The molecule has 0 aliphatic heterocycles. The van der Waals surface area contributed by atoms with Gasteiger partial charge in [0.05, 0.1) is 0 Å². The Morgan fingerprint density at radius 1 is 1.50 bits per heavy atom. The van der Waals surface area contributed by atoms with Crippen LogP contribution in [0.5, 0.6) is 0 Å². The van der Waals surface area contributed by atoms with Crippen LogP contribution in [0.4, 0.5) is 4.39 Å². The van der Waals surface area contributed by atoms with Gasteiger partial charge in [0.15, 0.2) is 5.82 Å².